The minimum atomic E-state index is -2.99. The van der Waals surface area contributed by atoms with E-state index in [0.717, 1.165) is 42.5 Å². The van der Waals surface area contributed by atoms with Crippen LogP contribution in [0.5, 0.6) is 11.6 Å². The van der Waals surface area contributed by atoms with E-state index in [1.54, 1.807) is 6.20 Å². The number of alkyl halides is 2. The first-order valence-electron chi connectivity index (χ1n) is 16.3. The molecule has 1 atom stereocenters. The first-order chi connectivity index (χ1) is 22.3. The molecule has 5 rings (SSSR count). The number of piperidine rings is 1. The van der Waals surface area contributed by atoms with Crippen molar-refractivity contribution in [1.82, 2.24) is 9.97 Å². The molecule has 1 aromatic carbocycles. The maximum Gasteiger partial charge on any atom is 0.387 e. The van der Waals surface area contributed by atoms with Gasteiger partial charge in [-0.05, 0) is 97.6 Å². The number of carbonyl (C=O) groups excluding carboxylic acids is 1. The van der Waals surface area contributed by atoms with Crippen molar-refractivity contribution in [1.29, 1.82) is 0 Å². The smallest absolute Gasteiger partial charge is 0.387 e. The molecule has 2 fully saturated rings. The van der Waals surface area contributed by atoms with E-state index in [2.05, 4.69) is 36.1 Å². The molecule has 2 aliphatic rings. The number of aromatic nitrogens is 2. The lowest BCUT2D eigenvalue weighted by atomic mass is 9.88. The van der Waals surface area contributed by atoms with Crippen LogP contribution in [0.3, 0.4) is 0 Å². The molecule has 1 amide bonds. The number of hydrogen-bond donors (Lipinski definition) is 2. The van der Waals surface area contributed by atoms with Gasteiger partial charge in [0.1, 0.15) is 11.6 Å². The fraction of sp³-hybridized carbons (Fsp3) is 0.500. The number of carboxylic acid groups (broad SMARTS) is 1. The van der Waals surface area contributed by atoms with Crippen LogP contribution in [0.15, 0.2) is 48.7 Å². The van der Waals surface area contributed by atoms with Crippen LogP contribution >= 0.6 is 0 Å². The molecule has 47 heavy (non-hydrogen) atoms. The monoisotopic (exact) mass is 650 g/mol. The molecule has 0 radical (unpaired) electrons. The van der Waals surface area contributed by atoms with Gasteiger partial charge in [-0.1, -0.05) is 26.8 Å². The number of aliphatic carboxylic acids is 1. The van der Waals surface area contributed by atoms with Crippen molar-refractivity contribution < 1.29 is 33.0 Å². The number of carboxylic acids is 1. The van der Waals surface area contributed by atoms with Crippen LogP contribution in [-0.4, -0.2) is 53.3 Å². The normalized spacial score (nSPS) is 16.2. The van der Waals surface area contributed by atoms with Gasteiger partial charge in [0.2, 0.25) is 5.88 Å². The predicted molar refractivity (Wildman–Crippen MR) is 176 cm³/mol. The van der Waals surface area contributed by atoms with Crippen LogP contribution in [0.4, 0.5) is 20.3 Å². The second-order valence-corrected chi connectivity index (χ2v) is 13.9. The summed E-state index contributed by atoms with van der Waals surface area (Å²) in [5.74, 6) is 0.334. The highest BCUT2D eigenvalue weighted by Crippen LogP contribution is 2.45. The number of benzene rings is 1. The number of aryl methyl sites for hydroxylation is 1. The second kappa shape index (κ2) is 14.6. The number of nitrogens with zero attached hydrogens (tertiary/aromatic N) is 3. The van der Waals surface area contributed by atoms with Crippen molar-refractivity contribution in [3.63, 3.8) is 0 Å². The zero-order valence-electron chi connectivity index (χ0n) is 27.5. The lowest BCUT2D eigenvalue weighted by molar-refractivity contribution is -0.137. The number of amides is 1. The van der Waals surface area contributed by atoms with Crippen molar-refractivity contribution in [3.05, 3.63) is 71.0 Å². The Balaban J connectivity index is 1.27. The topological polar surface area (TPSA) is 114 Å². The van der Waals surface area contributed by atoms with E-state index in [1.165, 1.54) is 18.2 Å². The van der Waals surface area contributed by atoms with Gasteiger partial charge in [0.15, 0.2) is 0 Å². The van der Waals surface area contributed by atoms with E-state index >= 15 is 0 Å². The third kappa shape index (κ3) is 9.62. The SMILES string of the molecule is Cc1ccc(CC(C)(C)C)c(NC(=O)c2ccc(OC(F)F)cc2N2CCC(COc3cc(C(CC(=O)O)C4CC4)ccn3)CC2)n1. The minimum absolute atomic E-state index is 0.0162. The van der Waals surface area contributed by atoms with Crippen LogP contribution < -0.4 is 19.7 Å². The maximum atomic E-state index is 13.7. The molecule has 3 aromatic rings. The quantitative estimate of drug-likeness (QED) is 0.196. The van der Waals surface area contributed by atoms with Crippen molar-refractivity contribution >= 4 is 23.4 Å². The van der Waals surface area contributed by atoms with Crippen molar-refractivity contribution in [3.8, 4) is 11.6 Å². The number of hydrogen-bond acceptors (Lipinski definition) is 7. The lowest BCUT2D eigenvalue weighted by Gasteiger charge is -2.34. The Bertz CT molecular complexity index is 1570. The summed E-state index contributed by atoms with van der Waals surface area (Å²) < 4.78 is 37.0. The maximum absolute atomic E-state index is 13.7. The molecule has 9 nitrogen and oxygen atoms in total. The summed E-state index contributed by atoms with van der Waals surface area (Å²) in [5.41, 5.74) is 3.47. The molecule has 0 spiro atoms. The number of ether oxygens (including phenoxy) is 2. The van der Waals surface area contributed by atoms with Crippen molar-refractivity contribution in [2.24, 2.45) is 17.3 Å². The molecule has 1 saturated carbocycles. The van der Waals surface area contributed by atoms with Gasteiger partial charge in [-0.2, -0.15) is 8.78 Å². The first kappa shape index (κ1) is 34.1. The largest absolute Gasteiger partial charge is 0.481 e. The number of carbonyl (C=O) groups is 2. The Kier molecular flexibility index (Phi) is 10.6. The van der Waals surface area contributed by atoms with Gasteiger partial charge in [0.25, 0.3) is 5.91 Å². The molecule has 252 valence electrons. The highest BCUT2D eigenvalue weighted by Gasteiger charge is 2.34. The number of rotatable bonds is 13. The Morgan fingerprint density at radius 2 is 1.81 bits per heavy atom. The molecule has 2 aromatic heterocycles. The molecule has 1 aliphatic heterocycles. The Labute approximate surface area is 274 Å². The first-order valence-corrected chi connectivity index (χ1v) is 16.3. The average Bonchev–Trinajstić information content (AvgIpc) is 3.85. The lowest BCUT2D eigenvalue weighted by Crippen LogP contribution is -2.36. The predicted octanol–water partition coefficient (Wildman–Crippen LogP) is 7.49. The fourth-order valence-corrected chi connectivity index (χ4v) is 6.25. The number of halogens is 2. The third-order valence-electron chi connectivity index (χ3n) is 8.70. The highest BCUT2D eigenvalue weighted by atomic mass is 19.3. The third-order valence-corrected chi connectivity index (χ3v) is 8.70. The zero-order chi connectivity index (χ0) is 33.7. The minimum Gasteiger partial charge on any atom is -0.481 e. The van der Waals surface area contributed by atoms with E-state index < -0.39 is 12.6 Å². The van der Waals surface area contributed by atoms with Crippen LogP contribution in [0.25, 0.3) is 0 Å². The van der Waals surface area contributed by atoms with E-state index in [1.807, 2.05) is 36.1 Å². The molecule has 1 unspecified atom stereocenters. The van der Waals surface area contributed by atoms with Crippen LogP contribution in [0.2, 0.25) is 0 Å². The highest BCUT2D eigenvalue weighted by molar-refractivity contribution is 6.08. The van der Waals surface area contributed by atoms with E-state index in [4.69, 9.17) is 9.47 Å². The summed E-state index contributed by atoms with van der Waals surface area (Å²) in [4.78, 5) is 36.1. The van der Waals surface area contributed by atoms with E-state index in [-0.39, 0.29) is 35.3 Å². The Morgan fingerprint density at radius 3 is 2.47 bits per heavy atom. The molecule has 1 saturated heterocycles. The van der Waals surface area contributed by atoms with E-state index in [0.29, 0.717) is 55.0 Å². The summed E-state index contributed by atoms with van der Waals surface area (Å²) >= 11 is 0. The second-order valence-electron chi connectivity index (χ2n) is 13.9. The zero-order valence-corrected chi connectivity index (χ0v) is 27.5. The van der Waals surface area contributed by atoms with E-state index in [9.17, 15) is 23.5 Å². The summed E-state index contributed by atoms with van der Waals surface area (Å²) in [6.45, 7) is 6.84. The molecule has 11 heteroatoms. The van der Waals surface area contributed by atoms with Crippen LogP contribution in [0.1, 0.15) is 86.0 Å². The van der Waals surface area contributed by atoms with Crippen molar-refractivity contribution in [2.75, 3.05) is 29.9 Å². The summed E-state index contributed by atoms with van der Waals surface area (Å²) in [6.07, 6.45) is 6.05. The Hall–Kier alpha value is -4.28. The van der Waals surface area contributed by atoms with Crippen molar-refractivity contribution in [2.45, 2.75) is 78.7 Å². The molecule has 3 heterocycles. The fourth-order valence-electron chi connectivity index (χ4n) is 6.25. The van der Waals surface area contributed by atoms with Gasteiger partial charge < -0.3 is 24.8 Å². The van der Waals surface area contributed by atoms with Gasteiger partial charge >= 0.3 is 12.6 Å². The van der Waals surface area contributed by atoms with Crippen LogP contribution in [0, 0.1) is 24.2 Å². The molecule has 0 bridgehead atoms. The van der Waals surface area contributed by atoms with Crippen LogP contribution in [-0.2, 0) is 11.2 Å². The number of anilines is 2. The molecule has 2 N–H and O–H groups in total. The van der Waals surface area contributed by atoms with Gasteiger partial charge in [0.05, 0.1) is 24.3 Å². The average molecular weight is 651 g/mol. The van der Waals surface area contributed by atoms with Gasteiger partial charge in [-0.3, -0.25) is 9.59 Å². The van der Waals surface area contributed by atoms with Gasteiger partial charge in [0, 0.05) is 37.1 Å². The Morgan fingerprint density at radius 1 is 1.06 bits per heavy atom. The summed E-state index contributed by atoms with van der Waals surface area (Å²) in [6, 6.07) is 12.0. The number of nitrogens with one attached hydrogen (secondary N) is 1. The summed E-state index contributed by atoms with van der Waals surface area (Å²) in [7, 11) is 0. The van der Waals surface area contributed by atoms with Gasteiger partial charge in [-0.15, -0.1) is 0 Å². The molecule has 1 aliphatic carbocycles. The van der Waals surface area contributed by atoms with Gasteiger partial charge in [-0.25, -0.2) is 9.97 Å². The standard InChI is InChI=1S/C36H44F2N4O5/c1-22-5-6-26(20-36(2,3)4)33(40-22)41-34(45)28-10-9-27(47-35(37)38)18-30(28)42-15-12-23(13-16-42)21-46-31-17-25(11-14-39-31)29(19-32(43)44)24-7-8-24/h5-6,9-11,14,17-18,23-24,29,35H,7-8,12-13,15-16,19-21H2,1-4H3,(H,43,44)(H,40,41,45). The molecular weight excluding hydrogens is 606 g/mol. The molecular formula is C36H44F2N4O5. The number of pyridine rings is 2. The summed E-state index contributed by atoms with van der Waals surface area (Å²) in [5, 5.41) is 12.4.